The predicted molar refractivity (Wildman–Crippen MR) is 89.1 cm³/mol. The Bertz CT molecular complexity index is 916. The van der Waals surface area contributed by atoms with Crippen LogP contribution < -0.4 is 9.47 Å². The molecule has 2 aromatic rings. The van der Waals surface area contributed by atoms with Crippen LogP contribution in [0, 0.1) is 0 Å². The summed E-state index contributed by atoms with van der Waals surface area (Å²) < 4.78 is 15.6. The number of benzene rings is 2. The number of aliphatic hydroxyl groups excluding tert-OH is 2. The average Bonchev–Trinajstić information content (AvgIpc) is 3.23. The Hall–Kier alpha value is -3.19. The zero-order valence-corrected chi connectivity index (χ0v) is 13.6. The van der Waals surface area contributed by atoms with E-state index in [-0.39, 0.29) is 37.1 Å². The van der Waals surface area contributed by atoms with E-state index in [0.717, 1.165) is 0 Å². The number of carbonyl (C=O) groups is 1. The summed E-state index contributed by atoms with van der Waals surface area (Å²) in [7, 11) is 0. The molecular formula is C19H16O7. The molecule has 2 aromatic carbocycles. The molecule has 134 valence electrons. The van der Waals surface area contributed by atoms with Gasteiger partial charge in [-0.1, -0.05) is 24.3 Å². The molecule has 0 amide bonds. The predicted octanol–water partition coefficient (Wildman–Crippen LogP) is 2.11. The second-order valence-corrected chi connectivity index (χ2v) is 6.04. The average molecular weight is 356 g/mol. The van der Waals surface area contributed by atoms with Gasteiger partial charge in [-0.25, -0.2) is 4.79 Å². The van der Waals surface area contributed by atoms with Crippen LogP contribution in [0.25, 0.3) is 0 Å². The number of aromatic hydroxyl groups is 1. The van der Waals surface area contributed by atoms with Crippen molar-refractivity contribution in [2.24, 2.45) is 0 Å². The summed E-state index contributed by atoms with van der Waals surface area (Å²) in [4.78, 5) is 12.2. The quantitative estimate of drug-likeness (QED) is 0.721. The van der Waals surface area contributed by atoms with Crippen molar-refractivity contribution in [1.82, 2.24) is 0 Å². The zero-order chi connectivity index (χ0) is 18.3. The first-order chi connectivity index (χ1) is 12.6. The monoisotopic (exact) mass is 356 g/mol. The van der Waals surface area contributed by atoms with Crippen LogP contribution in [0.5, 0.6) is 17.2 Å². The molecule has 0 saturated carbocycles. The lowest BCUT2D eigenvalue weighted by atomic mass is 9.83. The Morgan fingerprint density at radius 1 is 1.04 bits per heavy atom. The van der Waals surface area contributed by atoms with Crippen LogP contribution in [-0.4, -0.2) is 34.7 Å². The molecule has 7 nitrogen and oxygen atoms in total. The highest BCUT2D eigenvalue weighted by atomic mass is 16.7. The molecule has 2 heterocycles. The normalized spacial score (nSPS) is 16.7. The minimum atomic E-state index is -0.786. The fourth-order valence-electron chi connectivity index (χ4n) is 3.24. The number of hydrogen-bond acceptors (Lipinski definition) is 7. The summed E-state index contributed by atoms with van der Waals surface area (Å²) in [6, 6.07) is 9.93. The highest BCUT2D eigenvalue weighted by Gasteiger charge is 2.36. The molecule has 1 unspecified atom stereocenters. The summed E-state index contributed by atoms with van der Waals surface area (Å²) in [6.45, 7) is -0.349. The van der Waals surface area contributed by atoms with Crippen LogP contribution in [0.4, 0.5) is 0 Å². The Morgan fingerprint density at radius 3 is 2.50 bits per heavy atom. The highest BCUT2D eigenvalue weighted by Crippen LogP contribution is 2.45. The van der Waals surface area contributed by atoms with Gasteiger partial charge in [0.25, 0.3) is 0 Å². The number of ether oxygens (including phenoxy) is 3. The highest BCUT2D eigenvalue weighted by molar-refractivity contribution is 5.94. The lowest BCUT2D eigenvalue weighted by Crippen LogP contribution is -2.12. The standard InChI is InChI=1S/C19H16O7/c20-7-10-2-1-3-11(4-10)17(18-14(22)8-24-19(18)23)12-5-15-16(6-13(12)21)26-9-25-15/h1-6,17,20-22H,7-9H2. The smallest absolute Gasteiger partial charge is 0.338 e. The molecule has 26 heavy (non-hydrogen) atoms. The van der Waals surface area contributed by atoms with Crippen molar-refractivity contribution < 1.29 is 34.3 Å². The Morgan fingerprint density at radius 2 is 1.81 bits per heavy atom. The van der Waals surface area contributed by atoms with Gasteiger partial charge in [-0.3, -0.25) is 0 Å². The lowest BCUT2D eigenvalue weighted by Gasteiger charge is -2.20. The van der Waals surface area contributed by atoms with Crippen molar-refractivity contribution in [3.63, 3.8) is 0 Å². The molecule has 0 saturated heterocycles. The Balaban J connectivity index is 1.92. The van der Waals surface area contributed by atoms with Crippen molar-refractivity contribution >= 4 is 5.97 Å². The fraction of sp³-hybridized carbons (Fsp3) is 0.211. The van der Waals surface area contributed by atoms with Crippen molar-refractivity contribution in [2.75, 3.05) is 13.4 Å². The topological polar surface area (TPSA) is 105 Å². The molecule has 0 aromatic heterocycles. The minimum absolute atomic E-state index is 0.0406. The van der Waals surface area contributed by atoms with Crippen LogP contribution >= 0.6 is 0 Å². The first-order valence-corrected chi connectivity index (χ1v) is 8.00. The molecule has 2 aliphatic rings. The number of cyclic esters (lactones) is 1. The summed E-state index contributed by atoms with van der Waals surface area (Å²) >= 11 is 0. The summed E-state index contributed by atoms with van der Waals surface area (Å²) in [5.41, 5.74) is 1.67. The van der Waals surface area contributed by atoms with Gasteiger partial charge < -0.3 is 29.5 Å². The van der Waals surface area contributed by atoms with Gasteiger partial charge in [-0.05, 0) is 17.2 Å². The van der Waals surface area contributed by atoms with Gasteiger partial charge in [-0.15, -0.1) is 0 Å². The van der Waals surface area contributed by atoms with E-state index in [1.807, 2.05) is 0 Å². The van der Waals surface area contributed by atoms with Gasteiger partial charge in [0.15, 0.2) is 11.5 Å². The molecule has 7 heteroatoms. The maximum Gasteiger partial charge on any atom is 0.338 e. The van der Waals surface area contributed by atoms with Gasteiger partial charge in [0.1, 0.15) is 18.1 Å². The number of fused-ring (bicyclic) bond motifs is 1. The van der Waals surface area contributed by atoms with E-state index in [1.54, 1.807) is 30.3 Å². The second-order valence-electron chi connectivity index (χ2n) is 6.04. The maximum absolute atomic E-state index is 12.2. The van der Waals surface area contributed by atoms with E-state index in [0.29, 0.717) is 28.2 Å². The van der Waals surface area contributed by atoms with Gasteiger partial charge in [0.2, 0.25) is 6.79 Å². The Kier molecular flexibility index (Phi) is 3.93. The number of esters is 1. The third kappa shape index (κ3) is 2.62. The molecule has 0 fully saturated rings. The maximum atomic E-state index is 12.2. The molecular weight excluding hydrogens is 340 g/mol. The first-order valence-electron chi connectivity index (χ1n) is 8.00. The van der Waals surface area contributed by atoms with E-state index < -0.39 is 11.9 Å². The van der Waals surface area contributed by atoms with Crippen LogP contribution in [0.2, 0.25) is 0 Å². The molecule has 0 aliphatic carbocycles. The minimum Gasteiger partial charge on any atom is -0.508 e. The zero-order valence-electron chi connectivity index (χ0n) is 13.6. The van der Waals surface area contributed by atoms with Crippen molar-refractivity contribution in [1.29, 1.82) is 0 Å². The number of rotatable bonds is 4. The second kappa shape index (κ2) is 6.27. The largest absolute Gasteiger partial charge is 0.508 e. The van der Waals surface area contributed by atoms with E-state index in [1.165, 1.54) is 6.07 Å². The number of hydrogen-bond donors (Lipinski definition) is 3. The number of carbonyl (C=O) groups excluding carboxylic acids is 1. The third-order valence-corrected chi connectivity index (χ3v) is 4.46. The lowest BCUT2D eigenvalue weighted by molar-refractivity contribution is -0.136. The van der Waals surface area contributed by atoms with Crippen LogP contribution in [0.15, 0.2) is 47.7 Å². The van der Waals surface area contributed by atoms with E-state index in [2.05, 4.69) is 0 Å². The van der Waals surface area contributed by atoms with Crippen molar-refractivity contribution in [3.8, 4) is 17.2 Å². The number of phenolic OH excluding ortho intramolecular Hbond substituents is 1. The molecule has 0 bridgehead atoms. The summed E-state index contributed by atoms with van der Waals surface area (Å²) in [5.74, 6) is -0.890. The molecule has 4 rings (SSSR count). The third-order valence-electron chi connectivity index (χ3n) is 4.46. The molecule has 0 spiro atoms. The molecule has 1 atom stereocenters. The van der Waals surface area contributed by atoms with Gasteiger partial charge in [-0.2, -0.15) is 0 Å². The van der Waals surface area contributed by atoms with Crippen LogP contribution in [-0.2, 0) is 16.1 Å². The fourth-order valence-corrected chi connectivity index (χ4v) is 3.24. The van der Waals surface area contributed by atoms with Crippen molar-refractivity contribution in [3.05, 3.63) is 64.4 Å². The Labute approximate surface area is 148 Å². The van der Waals surface area contributed by atoms with Crippen LogP contribution in [0.3, 0.4) is 0 Å². The number of aliphatic hydroxyl groups is 2. The SMILES string of the molecule is O=C1OCC(O)=C1C(c1cccc(CO)c1)c1cc2c(cc1O)OCO2. The van der Waals surface area contributed by atoms with E-state index in [4.69, 9.17) is 14.2 Å². The first kappa shape index (κ1) is 16.3. The molecule has 0 radical (unpaired) electrons. The number of phenols is 1. The summed E-state index contributed by atoms with van der Waals surface area (Å²) in [5, 5.41) is 30.2. The molecule has 2 aliphatic heterocycles. The van der Waals surface area contributed by atoms with Gasteiger partial charge in [0, 0.05) is 17.5 Å². The van der Waals surface area contributed by atoms with Crippen molar-refractivity contribution in [2.45, 2.75) is 12.5 Å². The van der Waals surface area contributed by atoms with Gasteiger partial charge >= 0.3 is 5.97 Å². The summed E-state index contributed by atoms with van der Waals surface area (Å²) in [6.07, 6.45) is 0. The van der Waals surface area contributed by atoms with Gasteiger partial charge in [0.05, 0.1) is 12.2 Å². The van der Waals surface area contributed by atoms with E-state index >= 15 is 0 Å². The van der Waals surface area contributed by atoms with Crippen LogP contribution in [0.1, 0.15) is 22.6 Å². The molecule has 3 N–H and O–H groups in total. The van der Waals surface area contributed by atoms with E-state index in [9.17, 15) is 20.1 Å².